The fourth-order valence-electron chi connectivity index (χ4n) is 3.17. The van der Waals surface area contributed by atoms with Crippen molar-refractivity contribution in [3.8, 4) is 5.75 Å². The summed E-state index contributed by atoms with van der Waals surface area (Å²) < 4.78 is 7.36. The molecule has 0 saturated carbocycles. The van der Waals surface area contributed by atoms with Gasteiger partial charge >= 0.3 is 0 Å². The van der Waals surface area contributed by atoms with E-state index in [1.165, 1.54) is 5.56 Å². The Morgan fingerprint density at radius 2 is 2.17 bits per heavy atom. The second kappa shape index (κ2) is 7.51. The summed E-state index contributed by atoms with van der Waals surface area (Å²) in [7, 11) is 1.68. The van der Waals surface area contributed by atoms with Crippen LogP contribution in [0.5, 0.6) is 5.75 Å². The van der Waals surface area contributed by atoms with E-state index >= 15 is 0 Å². The Labute approximate surface area is 143 Å². The number of amides is 1. The van der Waals surface area contributed by atoms with Gasteiger partial charge in [0.15, 0.2) is 0 Å². The molecule has 0 spiro atoms. The van der Waals surface area contributed by atoms with Crippen LogP contribution >= 0.6 is 0 Å². The summed E-state index contributed by atoms with van der Waals surface area (Å²) in [5.74, 6) is 2.28. The Morgan fingerprint density at radius 1 is 1.38 bits per heavy atom. The lowest BCUT2D eigenvalue weighted by Crippen LogP contribution is -2.24. The number of aromatic nitrogens is 2. The third-order valence-corrected chi connectivity index (χ3v) is 4.63. The van der Waals surface area contributed by atoms with Gasteiger partial charge in [-0.3, -0.25) is 4.79 Å². The van der Waals surface area contributed by atoms with Crippen molar-refractivity contribution in [3.05, 3.63) is 47.5 Å². The normalized spacial score (nSPS) is 16.5. The molecule has 1 aliphatic heterocycles. The number of hydrogen-bond acceptors (Lipinski definition) is 3. The van der Waals surface area contributed by atoms with E-state index in [1.807, 2.05) is 18.3 Å². The summed E-state index contributed by atoms with van der Waals surface area (Å²) in [6, 6.07) is 8.27. The van der Waals surface area contributed by atoms with Gasteiger partial charge in [0.05, 0.1) is 7.11 Å². The highest BCUT2D eigenvalue weighted by molar-refractivity contribution is 5.92. The molecule has 1 aromatic carbocycles. The molecule has 1 aromatic heterocycles. The molecule has 0 fully saturated rings. The predicted octanol–water partition coefficient (Wildman–Crippen LogP) is 3.15. The zero-order chi connectivity index (χ0) is 16.9. The minimum absolute atomic E-state index is 0.0636. The van der Waals surface area contributed by atoms with Gasteiger partial charge < -0.3 is 14.6 Å². The number of rotatable bonds is 6. The summed E-state index contributed by atoms with van der Waals surface area (Å²) in [6.07, 6.45) is 5.92. The van der Waals surface area contributed by atoms with Crippen molar-refractivity contribution in [1.82, 2.24) is 14.9 Å². The van der Waals surface area contributed by atoms with E-state index in [2.05, 4.69) is 33.9 Å². The van der Waals surface area contributed by atoms with Crippen molar-refractivity contribution >= 4 is 5.91 Å². The SMILES string of the molecule is CCCCNC(=O)c1cn2c(n1)CCC(c1ccc(OC)cc1)C2. The molecule has 24 heavy (non-hydrogen) atoms. The van der Waals surface area contributed by atoms with Gasteiger partial charge in [0.2, 0.25) is 0 Å². The third-order valence-electron chi connectivity index (χ3n) is 4.63. The van der Waals surface area contributed by atoms with E-state index < -0.39 is 0 Å². The zero-order valence-corrected chi connectivity index (χ0v) is 14.4. The molecule has 1 N–H and O–H groups in total. The molecule has 0 radical (unpaired) electrons. The van der Waals surface area contributed by atoms with Crippen LogP contribution in [0, 0.1) is 0 Å². The molecule has 0 saturated heterocycles. The van der Waals surface area contributed by atoms with Crippen LogP contribution in [0.2, 0.25) is 0 Å². The summed E-state index contributed by atoms with van der Waals surface area (Å²) in [4.78, 5) is 16.7. The second-order valence-corrected chi connectivity index (χ2v) is 6.31. The smallest absolute Gasteiger partial charge is 0.271 e. The van der Waals surface area contributed by atoms with Gasteiger partial charge in [0.25, 0.3) is 5.91 Å². The van der Waals surface area contributed by atoms with Crippen LogP contribution in [0.4, 0.5) is 0 Å². The topological polar surface area (TPSA) is 56.2 Å². The van der Waals surface area contributed by atoms with Crippen molar-refractivity contribution in [3.63, 3.8) is 0 Å². The quantitative estimate of drug-likeness (QED) is 0.829. The fourth-order valence-corrected chi connectivity index (χ4v) is 3.17. The summed E-state index contributed by atoms with van der Waals surface area (Å²) in [6.45, 7) is 3.70. The lowest BCUT2D eigenvalue weighted by Gasteiger charge is -2.24. The number of aryl methyl sites for hydroxylation is 1. The van der Waals surface area contributed by atoms with E-state index in [0.29, 0.717) is 18.2 Å². The number of carbonyl (C=O) groups excluding carboxylic acids is 1. The molecular weight excluding hydrogens is 302 g/mol. The van der Waals surface area contributed by atoms with Gasteiger partial charge in [0.1, 0.15) is 17.3 Å². The number of fused-ring (bicyclic) bond motifs is 1. The molecule has 1 amide bonds. The first-order valence-corrected chi connectivity index (χ1v) is 8.69. The Bertz CT molecular complexity index is 691. The maximum absolute atomic E-state index is 12.2. The molecule has 2 heterocycles. The molecule has 0 bridgehead atoms. The molecule has 3 rings (SSSR count). The number of benzene rings is 1. The predicted molar refractivity (Wildman–Crippen MR) is 93.5 cm³/mol. The Kier molecular flexibility index (Phi) is 5.18. The van der Waals surface area contributed by atoms with Crippen molar-refractivity contribution in [2.45, 2.75) is 45.1 Å². The fraction of sp³-hybridized carbons (Fsp3) is 0.474. The maximum Gasteiger partial charge on any atom is 0.271 e. The van der Waals surface area contributed by atoms with Crippen molar-refractivity contribution in [2.75, 3.05) is 13.7 Å². The highest BCUT2D eigenvalue weighted by atomic mass is 16.5. The Hall–Kier alpha value is -2.30. The van der Waals surface area contributed by atoms with E-state index in [-0.39, 0.29) is 5.91 Å². The number of nitrogens with one attached hydrogen (secondary N) is 1. The van der Waals surface area contributed by atoms with Gasteiger partial charge in [-0.2, -0.15) is 0 Å². The first kappa shape index (κ1) is 16.6. The van der Waals surface area contributed by atoms with Crippen LogP contribution in [0.15, 0.2) is 30.5 Å². The highest BCUT2D eigenvalue weighted by Crippen LogP contribution is 2.29. The third kappa shape index (κ3) is 3.61. The average Bonchev–Trinajstić information content (AvgIpc) is 3.05. The Morgan fingerprint density at radius 3 is 2.88 bits per heavy atom. The molecule has 1 unspecified atom stereocenters. The summed E-state index contributed by atoms with van der Waals surface area (Å²) >= 11 is 0. The molecule has 0 aliphatic carbocycles. The van der Waals surface area contributed by atoms with Crippen LogP contribution in [-0.2, 0) is 13.0 Å². The number of imidazole rings is 1. The van der Waals surface area contributed by atoms with Gasteiger partial charge in [-0.25, -0.2) is 4.98 Å². The summed E-state index contributed by atoms with van der Waals surface area (Å²) in [5, 5.41) is 2.94. The van der Waals surface area contributed by atoms with Gasteiger partial charge in [-0.1, -0.05) is 25.5 Å². The zero-order valence-electron chi connectivity index (χ0n) is 14.4. The van der Waals surface area contributed by atoms with Crippen molar-refractivity contribution in [1.29, 1.82) is 0 Å². The van der Waals surface area contributed by atoms with E-state index in [0.717, 1.165) is 43.8 Å². The molecule has 128 valence electrons. The van der Waals surface area contributed by atoms with E-state index in [1.54, 1.807) is 7.11 Å². The van der Waals surface area contributed by atoms with Crippen molar-refractivity contribution < 1.29 is 9.53 Å². The number of ether oxygens (including phenoxy) is 1. The monoisotopic (exact) mass is 327 g/mol. The van der Waals surface area contributed by atoms with Crippen LogP contribution in [-0.4, -0.2) is 29.1 Å². The van der Waals surface area contributed by atoms with Gasteiger partial charge in [0, 0.05) is 31.6 Å². The molecule has 1 aliphatic rings. The Balaban J connectivity index is 1.68. The first-order chi connectivity index (χ1) is 11.7. The number of methoxy groups -OCH3 is 1. The van der Waals surface area contributed by atoms with E-state index in [4.69, 9.17) is 4.74 Å². The number of carbonyl (C=O) groups is 1. The molecule has 2 aromatic rings. The molecule has 5 heteroatoms. The van der Waals surface area contributed by atoms with E-state index in [9.17, 15) is 4.79 Å². The number of hydrogen-bond donors (Lipinski definition) is 1. The van der Waals surface area contributed by atoms with Crippen LogP contribution in [0.25, 0.3) is 0 Å². The van der Waals surface area contributed by atoms with Crippen LogP contribution in [0.3, 0.4) is 0 Å². The standard InChI is InChI=1S/C19H25N3O2/c1-3-4-11-20-19(23)17-13-22-12-15(7-10-18(22)21-17)14-5-8-16(24-2)9-6-14/h5-6,8-9,13,15H,3-4,7,10-12H2,1-2H3,(H,20,23). The van der Waals surface area contributed by atoms with Crippen LogP contribution < -0.4 is 10.1 Å². The number of nitrogens with zero attached hydrogens (tertiary/aromatic N) is 2. The summed E-state index contributed by atoms with van der Waals surface area (Å²) in [5.41, 5.74) is 1.85. The molecule has 1 atom stereocenters. The largest absolute Gasteiger partial charge is 0.497 e. The van der Waals surface area contributed by atoms with Gasteiger partial charge in [-0.15, -0.1) is 0 Å². The minimum atomic E-state index is -0.0636. The van der Waals surface area contributed by atoms with Crippen molar-refractivity contribution in [2.24, 2.45) is 0 Å². The highest BCUT2D eigenvalue weighted by Gasteiger charge is 2.23. The second-order valence-electron chi connectivity index (χ2n) is 6.31. The maximum atomic E-state index is 12.2. The molecule has 5 nitrogen and oxygen atoms in total. The number of unbranched alkanes of at least 4 members (excludes halogenated alkanes) is 1. The first-order valence-electron chi connectivity index (χ1n) is 8.69. The average molecular weight is 327 g/mol. The molecular formula is C19H25N3O2. The lowest BCUT2D eigenvalue weighted by atomic mass is 9.91. The van der Waals surface area contributed by atoms with Gasteiger partial charge in [-0.05, 0) is 30.5 Å². The lowest BCUT2D eigenvalue weighted by molar-refractivity contribution is 0.0948. The minimum Gasteiger partial charge on any atom is -0.497 e. The van der Waals surface area contributed by atoms with Crippen LogP contribution in [0.1, 0.15) is 54.0 Å².